The van der Waals surface area contributed by atoms with Gasteiger partial charge in [-0.05, 0) is 61.2 Å². The molecule has 1 atom stereocenters. The zero-order valence-electron chi connectivity index (χ0n) is 16.4. The monoisotopic (exact) mass is 397 g/mol. The predicted octanol–water partition coefficient (Wildman–Crippen LogP) is 5.14. The molecule has 0 spiro atoms. The third-order valence-corrected chi connectivity index (χ3v) is 5.69. The topological polar surface area (TPSA) is 57.2 Å². The van der Waals surface area contributed by atoms with E-state index in [1.54, 1.807) is 30.5 Å². The van der Waals surface area contributed by atoms with Crippen molar-refractivity contribution < 1.29 is 4.39 Å². The summed E-state index contributed by atoms with van der Waals surface area (Å²) >= 11 is 0. The minimum atomic E-state index is -0.209. The van der Waals surface area contributed by atoms with E-state index in [1.165, 1.54) is 6.07 Å². The van der Waals surface area contributed by atoms with Crippen molar-refractivity contribution in [3.05, 3.63) is 83.8 Å². The number of nitrogens with zero attached hydrogens (tertiary/aromatic N) is 5. The van der Waals surface area contributed by atoms with E-state index >= 15 is 0 Å². The highest BCUT2D eigenvalue weighted by Crippen LogP contribution is 2.34. The first-order chi connectivity index (χ1) is 14.7. The van der Waals surface area contributed by atoms with Crippen molar-refractivity contribution in [1.29, 1.82) is 5.26 Å². The van der Waals surface area contributed by atoms with Crippen LogP contribution < -0.4 is 4.90 Å². The molecule has 1 saturated heterocycles. The van der Waals surface area contributed by atoms with Crippen LogP contribution in [0.15, 0.2) is 66.9 Å². The Bertz CT molecular complexity index is 1240. The number of nitriles is 1. The second-order valence-electron chi connectivity index (χ2n) is 7.55. The highest BCUT2D eigenvalue weighted by Gasteiger charge is 2.26. The Morgan fingerprint density at radius 1 is 1.03 bits per heavy atom. The number of hydrogen-bond donors (Lipinski definition) is 0. The van der Waals surface area contributed by atoms with Crippen LogP contribution in [0.1, 0.15) is 36.4 Å². The van der Waals surface area contributed by atoms with Gasteiger partial charge in [0.1, 0.15) is 11.6 Å². The van der Waals surface area contributed by atoms with Crippen LogP contribution in [-0.2, 0) is 0 Å². The van der Waals surface area contributed by atoms with Gasteiger partial charge in [0, 0.05) is 12.1 Å². The van der Waals surface area contributed by atoms with Crippen molar-refractivity contribution in [2.75, 3.05) is 11.4 Å². The van der Waals surface area contributed by atoms with Gasteiger partial charge in [0.25, 0.3) is 0 Å². The summed E-state index contributed by atoms with van der Waals surface area (Å²) in [6, 6.07) is 20.5. The third kappa shape index (κ3) is 3.29. The van der Waals surface area contributed by atoms with E-state index < -0.39 is 0 Å². The van der Waals surface area contributed by atoms with Crippen molar-refractivity contribution in [3.63, 3.8) is 0 Å². The van der Waals surface area contributed by atoms with E-state index in [0.717, 1.165) is 54.1 Å². The molecule has 1 fully saturated rings. The number of fused-ring (bicyclic) bond motifs is 1. The average Bonchev–Trinajstić information content (AvgIpc) is 3.22. The standard InChI is InChI=1S/C24H20FN5/c25-20-5-3-4-19(14-20)21-6-1-2-13-29(21)24-12-11-23-27-16-22(30(23)28-24)18-9-7-17(15-26)8-10-18/h3-5,7-12,14,16,21H,1-2,6,13H2/t21-/m0/s1. The Morgan fingerprint density at radius 2 is 1.90 bits per heavy atom. The van der Waals surface area contributed by atoms with E-state index in [4.69, 9.17) is 10.4 Å². The second-order valence-corrected chi connectivity index (χ2v) is 7.55. The number of rotatable bonds is 3. The van der Waals surface area contributed by atoms with Gasteiger partial charge in [-0.3, -0.25) is 0 Å². The van der Waals surface area contributed by atoms with E-state index in [-0.39, 0.29) is 11.9 Å². The fourth-order valence-electron chi connectivity index (χ4n) is 4.20. The fraction of sp³-hybridized carbons (Fsp3) is 0.208. The Hall–Kier alpha value is -3.72. The number of halogens is 1. The molecule has 30 heavy (non-hydrogen) atoms. The molecule has 1 aliphatic rings. The van der Waals surface area contributed by atoms with Crippen molar-refractivity contribution >= 4 is 11.5 Å². The Labute approximate surface area is 174 Å². The van der Waals surface area contributed by atoms with Gasteiger partial charge in [-0.1, -0.05) is 24.3 Å². The van der Waals surface area contributed by atoms with Crippen LogP contribution in [0.4, 0.5) is 10.2 Å². The maximum atomic E-state index is 13.8. The van der Waals surface area contributed by atoms with Crippen LogP contribution >= 0.6 is 0 Å². The summed E-state index contributed by atoms with van der Waals surface area (Å²) < 4.78 is 15.7. The number of hydrogen-bond acceptors (Lipinski definition) is 4. The summed E-state index contributed by atoms with van der Waals surface area (Å²) in [7, 11) is 0. The highest BCUT2D eigenvalue weighted by atomic mass is 19.1. The molecule has 0 aliphatic carbocycles. The lowest BCUT2D eigenvalue weighted by molar-refractivity contribution is 0.465. The number of aromatic nitrogens is 3. The summed E-state index contributed by atoms with van der Waals surface area (Å²) in [5, 5.41) is 13.9. The van der Waals surface area contributed by atoms with Gasteiger partial charge in [0.2, 0.25) is 0 Å². The van der Waals surface area contributed by atoms with Crippen molar-refractivity contribution in [3.8, 4) is 17.3 Å². The second kappa shape index (κ2) is 7.60. The Morgan fingerprint density at radius 3 is 2.70 bits per heavy atom. The lowest BCUT2D eigenvalue weighted by atomic mass is 9.95. The zero-order valence-corrected chi connectivity index (χ0v) is 16.4. The molecule has 0 bridgehead atoms. The molecular formula is C24H20FN5. The fourth-order valence-corrected chi connectivity index (χ4v) is 4.20. The Balaban J connectivity index is 1.55. The lowest BCUT2D eigenvalue weighted by Crippen LogP contribution is -2.34. The molecule has 0 amide bonds. The van der Waals surface area contributed by atoms with Crippen LogP contribution in [0.3, 0.4) is 0 Å². The first kappa shape index (κ1) is 18.3. The van der Waals surface area contributed by atoms with E-state index in [9.17, 15) is 4.39 Å². The van der Waals surface area contributed by atoms with Gasteiger partial charge in [-0.15, -0.1) is 5.10 Å². The minimum absolute atomic E-state index is 0.0984. The zero-order chi connectivity index (χ0) is 20.5. The first-order valence-corrected chi connectivity index (χ1v) is 10.1. The summed E-state index contributed by atoms with van der Waals surface area (Å²) in [6.07, 6.45) is 4.96. The van der Waals surface area contributed by atoms with Gasteiger partial charge in [0.15, 0.2) is 5.65 Å². The number of piperidine rings is 1. The molecule has 4 aromatic rings. The smallest absolute Gasteiger partial charge is 0.154 e. The first-order valence-electron chi connectivity index (χ1n) is 10.1. The molecule has 5 rings (SSSR count). The highest BCUT2D eigenvalue weighted by molar-refractivity contribution is 5.64. The molecule has 0 N–H and O–H groups in total. The Kier molecular flexibility index (Phi) is 4.64. The quantitative estimate of drug-likeness (QED) is 0.480. The lowest BCUT2D eigenvalue weighted by Gasteiger charge is -2.37. The van der Waals surface area contributed by atoms with E-state index in [0.29, 0.717) is 5.56 Å². The largest absolute Gasteiger partial charge is 0.348 e. The predicted molar refractivity (Wildman–Crippen MR) is 113 cm³/mol. The van der Waals surface area contributed by atoms with Gasteiger partial charge >= 0.3 is 0 Å². The summed E-state index contributed by atoms with van der Waals surface area (Å²) in [6.45, 7) is 0.876. The van der Waals surface area contributed by atoms with Gasteiger partial charge in [0.05, 0.1) is 29.6 Å². The molecule has 1 aliphatic heterocycles. The summed E-state index contributed by atoms with van der Waals surface area (Å²) in [5.74, 6) is 0.642. The molecule has 2 aromatic heterocycles. The molecule has 2 aromatic carbocycles. The van der Waals surface area contributed by atoms with Crippen molar-refractivity contribution in [1.82, 2.24) is 14.6 Å². The van der Waals surface area contributed by atoms with E-state index in [2.05, 4.69) is 16.0 Å². The van der Waals surface area contributed by atoms with Gasteiger partial charge < -0.3 is 4.90 Å². The molecule has 148 valence electrons. The van der Waals surface area contributed by atoms with E-state index in [1.807, 2.05) is 34.8 Å². The normalized spacial score (nSPS) is 16.5. The SMILES string of the molecule is N#Cc1ccc(-c2cnc3ccc(N4CCCC[C@H]4c4cccc(F)c4)nn23)cc1. The molecule has 6 heteroatoms. The van der Waals surface area contributed by atoms with Gasteiger partial charge in [-0.2, -0.15) is 5.26 Å². The minimum Gasteiger partial charge on any atom is -0.348 e. The van der Waals surface area contributed by atoms with Crippen LogP contribution in [0.2, 0.25) is 0 Å². The summed E-state index contributed by atoms with van der Waals surface area (Å²) in [5.41, 5.74) is 4.18. The number of benzene rings is 2. The molecule has 0 saturated carbocycles. The molecule has 0 unspecified atom stereocenters. The molecule has 0 radical (unpaired) electrons. The van der Waals surface area contributed by atoms with Crippen LogP contribution in [0.25, 0.3) is 16.9 Å². The van der Waals surface area contributed by atoms with Gasteiger partial charge in [-0.25, -0.2) is 13.9 Å². The molecule has 5 nitrogen and oxygen atoms in total. The van der Waals surface area contributed by atoms with Crippen LogP contribution in [0.5, 0.6) is 0 Å². The summed E-state index contributed by atoms with van der Waals surface area (Å²) in [4.78, 5) is 6.74. The number of anilines is 1. The van der Waals surface area contributed by atoms with Crippen molar-refractivity contribution in [2.24, 2.45) is 0 Å². The van der Waals surface area contributed by atoms with Crippen molar-refractivity contribution in [2.45, 2.75) is 25.3 Å². The molecular weight excluding hydrogens is 377 g/mol. The molecule has 3 heterocycles. The maximum absolute atomic E-state index is 13.8. The average molecular weight is 397 g/mol. The third-order valence-electron chi connectivity index (χ3n) is 5.69. The van der Waals surface area contributed by atoms with Crippen LogP contribution in [0, 0.1) is 17.1 Å². The maximum Gasteiger partial charge on any atom is 0.154 e. The van der Waals surface area contributed by atoms with Crippen LogP contribution in [-0.4, -0.2) is 21.1 Å². The number of imidazole rings is 1.